The first-order chi connectivity index (χ1) is 7.52. The Kier molecular flexibility index (Phi) is 4.42. The molecule has 0 unspecified atom stereocenters. The van der Waals surface area contributed by atoms with Gasteiger partial charge in [0.25, 0.3) is 0 Å². The predicted molar refractivity (Wildman–Crippen MR) is 60.5 cm³/mol. The second kappa shape index (κ2) is 5.60. The van der Waals surface area contributed by atoms with Gasteiger partial charge in [-0.15, -0.1) is 10.2 Å². The number of aromatic nitrogens is 3. The van der Waals surface area contributed by atoms with Gasteiger partial charge in [-0.2, -0.15) is 0 Å². The van der Waals surface area contributed by atoms with Crippen LogP contribution in [0, 0.1) is 5.92 Å². The SMILES string of the molecule is CC(C)[C@@H](N)C(=O)NCCc1nncn1C. The van der Waals surface area contributed by atoms with Gasteiger partial charge in [-0.25, -0.2) is 0 Å². The van der Waals surface area contributed by atoms with Crippen molar-refractivity contribution in [3.8, 4) is 0 Å². The lowest BCUT2D eigenvalue weighted by molar-refractivity contribution is -0.123. The van der Waals surface area contributed by atoms with Crippen molar-refractivity contribution in [2.45, 2.75) is 26.3 Å². The van der Waals surface area contributed by atoms with E-state index in [1.807, 2.05) is 25.5 Å². The van der Waals surface area contributed by atoms with Crippen LogP contribution in [0.25, 0.3) is 0 Å². The molecule has 1 amide bonds. The van der Waals surface area contributed by atoms with Crippen molar-refractivity contribution in [1.29, 1.82) is 0 Å². The molecule has 0 fully saturated rings. The highest BCUT2D eigenvalue weighted by molar-refractivity contribution is 5.81. The van der Waals surface area contributed by atoms with Crippen LogP contribution in [-0.2, 0) is 18.3 Å². The maximum absolute atomic E-state index is 11.5. The van der Waals surface area contributed by atoms with Gasteiger partial charge in [0, 0.05) is 20.0 Å². The topological polar surface area (TPSA) is 85.8 Å². The molecule has 0 aromatic carbocycles. The molecule has 0 saturated carbocycles. The molecular weight excluding hydrogens is 206 g/mol. The van der Waals surface area contributed by atoms with Crippen LogP contribution in [-0.4, -0.2) is 33.3 Å². The summed E-state index contributed by atoms with van der Waals surface area (Å²) in [4.78, 5) is 11.5. The average molecular weight is 225 g/mol. The molecule has 0 aliphatic heterocycles. The van der Waals surface area contributed by atoms with E-state index in [2.05, 4.69) is 15.5 Å². The summed E-state index contributed by atoms with van der Waals surface area (Å²) in [6.07, 6.45) is 2.30. The molecule has 90 valence electrons. The van der Waals surface area contributed by atoms with E-state index in [4.69, 9.17) is 5.73 Å². The van der Waals surface area contributed by atoms with Crippen LogP contribution in [0.3, 0.4) is 0 Å². The van der Waals surface area contributed by atoms with Gasteiger partial charge in [0.15, 0.2) is 0 Å². The summed E-state index contributed by atoms with van der Waals surface area (Å²) in [7, 11) is 1.87. The molecule has 0 bridgehead atoms. The third-order valence-corrected chi connectivity index (χ3v) is 2.47. The van der Waals surface area contributed by atoms with Gasteiger partial charge in [0.1, 0.15) is 12.2 Å². The Balaban J connectivity index is 2.31. The zero-order valence-corrected chi connectivity index (χ0v) is 9.97. The Morgan fingerprint density at radius 2 is 2.31 bits per heavy atom. The van der Waals surface area contributed by atoms with Crippen molar-refractivity contribution in [3.63, 3.8) is 0 Å². The first-order valence-corrected chi connectivity index (χ1v) is 5.38. The lowest BCUT2D eigenvalue weighted by Gasteiger charge is -2.14. The van der Waals surface area contributed by atoms with Gasteiger partial charge >= 0.3 is 0 Å². The zero-order chi connectivity index (χ0) is 12.1. The van der Waals surface area contributed by atoms with Gasteiger partial charge < -0.3 is 15.6 Å². The molecule has 16 heavy (non-hydrogen) atoms. The van der Waals surface area contributed by atoms with E-state index in [9.17, 15) is 4.79 Å². The zero-order valence-electron chi connectivity index (χ0n) is 9.97. The maximum Gasteiger partial charge on any atom is 0.237 e. The van der Waals surface area contributed by atoms with E-state index in [1.54, 1.807) is 6.33 Å². The molecule has 0 saturated heterocycles. The summed E-state index contributed by atoms with van der Waals surface area (Å²) in [5, 5.41) is 10.5. The molecule has 0 radical (unpaired) electrons. The van der Waals surface area contributed by atoms with Crippen LogP contribution in [0.15, 0.2) is 6.33 Å². The number of rotatable bonds is 5. The van der Waals surface area contributed by atoms with E-state index in [1.165, 1.54) is 0 Å². The molecule has 0 aliphatic carbocycles. The van der Waals surface area contributed by atoms with Crippen LogP contribution < -0.4 is 11.1 Å². The van der Waals surface area contributed by atoms with Crippen molar-refractivity contribution in [2.24, 2.45) is 18.7 Å². The minimum Gasteiger partial charge on any atom is -0.354 e. The number of amides is 1. The normalized spacial score (nSPS) is 12.8. The largest absolute Gasteiger partial charge is 0.354 e. The van der Waals surface area contributed by atoms with Crippen molar-refractivity contribution < 1.29 is 4.79 Å². The molecule has 0 aliphatic rings. The first-order valence-electron chi connectivity index (χ1n) is 5.38. The summed E-state index contributed by atoms with van der Waals surface area (Å²) >= 11 is 0. The molecule has 0 spiro atoms. The molecule has 3 N–H and O–H groups in total. The van der Waals surface area contributed by atoms with Gasteiger partial charge in [-0.1, -0.05) is 13.8 Å². The summed E-state index contributed by atoms with van der Waals surface area (Å²) in [6, 6.07) is -0.445. The number of nitrogens with zero attached hydrogens (tertiary/aromatic N) is 3. The molecule has 1 heterocycles. The highest BCUT2D eigenvalue weighted by Gasteiger charge is 2.16. The number of aryl methyl sites for hydroxylation is 1. The Labute approximate surface area is 95.2 Å². The monoisotopic (exact) mass is 225 g/mol. The van der Waals surface area contributed by atoms with Crippen LogP contribution in [0.4, 0.5) is 0 Å². The Morgan fingerprint density at radius 1 is 1.62 bits per heavy atom. The number of nitrogens with two attached hydrogens (primary N) is 1. The number of nitrogens with one attached hydrogen (secondary N) is 1. The second-order valence-electron chi connectivity index (χ2n) is 4.17. The fraction of sp³-hybridized carbons (Fsp3) is 0.700. The van der Waals surface area contributed by atoms with Crippen LogP contribution in [0.2, 0.25) is 0 Å². The predicted octanol–water partition coefficient (Wildman–Crippen LogP) is -0.543. The van der Waals surface area contributed by atoms with Crippen molar-refractivity contribution in [1.82, 2.24) is 20.1 Å². The third kappa shape index (κ3) is 3.30. The molecule has 1 aromatic heterocycles. The van der Waals surface area contributed by atoms with Crippen LogP contribution in [0.1, 0.15) is 19.7 Å². The standard InChI is InChI=1S/C10H19N5O/c1-7(2)9(11)10(16)12-5-4-8-14-13-6-15(8)3/h6-7,9H,4-5,11H2,1-3H3,(H,12,16)/t9-/m1/s1. The summed E-state index contributed by atoms with van der Waals surface area (Å²) in [5.41, 5.74) is 5.70. The van der Waals surface area contributed by atoms with Crippen molar-refractivity contribution in [3.05, 3.63) is 12.2 Å². The fourth-order valence-corrected chi connectivity index (χ4v) is 1.25. The van der Waals surface area contributed by atoms with Gasteiger partial charge in [0.05, 0.1) is 6.04 Å². The average Bonchev–Trinajstić information content (AvgIpc) is 2.63. The summed E-state index contributed by atoms with van der Waals surface area (Å²) in [6.45, 7) is 4.38. The first kappa shape index (κ1) is 12.6. The number of carbonyl (C=O) groups is 1. The highest BCUT2D eigenvalue weighted by atomic mass is 16.2. The quantitative estimate of drug-likeness (QED) is 0.704. The van der Waals surface area contributed by atoms with Crippen molar-refractivity contribution >= 4 is 5.91 Å². The van der Waals surface area contributed by atoms with E-state index in [0.717, 1.165) is 5.82 Å². The van der Waals surface area contributed by atoms with Gasteiger partial charge in [-0.05, 0) is 5.92 Å². The molecule has 1 aromatic rings. The minimum absolute atomic E-state index is 0.114. The Hall–Kier alpha value is -1.43. The van der Waals surface area contributed by atoms with E-state index < -0.39 is 6.04 Å². The Bertz CT molecular complexity index is 347. The summed E-state index contributed by atoms with van der Waals surface area (Å²) < 4.78 is 1.83. The van der Waals surface area contributed by atoms with Gasteiger partial charge in [0.2, 0.25) is 5.91 Å². The number of hydrogen-bond donors (Lipinski definition) is 2. The lowest BCUT2D eigenvalue weighted by atomic mass is 10.1. The lowest BCUT2D eigenvalue weighted by Crippen LogP contribution is -2.44. The van der Waals surface area contributed by atoms with Crippen LogP contribution in [0.5, 0.6) is 0 Å². The maximum atomic E-state index is 11.5. The highest BCUT2D eigenvalue weighted by Crippen LogP contribution is 1.98. The van der Waals surface area contributed by atoms with E-state index >= 15 is 0 Å². The molecular formula is C10H19N5O. The van der Waals surface area contributed by atoms with E-state index in [-0.39, 0.29) is 11.8 Å². The molecule has 1 rings (SSSR count). The van der Waals surface area contributed by atoms with Crippen molar-refractivity contribution in [2.75, 3.05) is 6.54 Å². The van der Waals surface area contributed by atoms with Gasteiger partial charge in [-0.3, -0.25) is 4.79 Å². The van der Waals surface area contributed by atoms with Crippen LogP contribution >= 0.6 is 0 Å². The Morgan fingerprint density at radius 3 is 2.81 bits per heavy atom. The second-order valence-corrected chi connectivity index (χ2v) is 4.17. The number of carbonyl (C=O) groups excluding carboxylic acids is 1. The summed E-state index contributed by atoms with van der Waals surface area (Å²) in [5.74, 6) is 0.880. The number of hydrogen-bond acceptors (Lipinski definition) is 4. The third-order valence-electron chi connectivity index (χ3n) is 2.47. The fourth-order valence-electron chi connectivity index (χ4n) is 1.25. The minimum atomic E-state index is -0.445. The molecule has 6 heteroatoms. The van der Waals surface area contributed by atoms with E-state index in [0.29, 0.717) is 13.0 Å². The molecule has 1 atom stereocenters. The molecule has 6 nitrogen and oxygen atoms in total. The smallest absolute Gasteiger partial charge is 0.237 e.